The van der Waals surface area contributed by atoms with Gasteiger partial charge in [0.05, 0.1) is 58.2 Å². The first-order valence-corrected chi connectivity index (χ1v) is 44.0. The number of furan rings is 4. The fourth-order valence-electron chi connectivity index (χ4n) is 12.8. The highest BCUT2D eigenvalue weighted by Crippen LogP contribution is 2.41. The number of amides is 6. The highest BCUT2D eigenvalue weighted by Gasteiger charge is 2.38. The first kappa shape index (κ1) is 85.9. The third-order valence-electron chi connectivity index (χ3n) is 18.7. The Kier molecular flexibility index (Phi) is 29.0. The van der Waals surface area contributed by atoms with E-state index in [1.807, 2.05) is 115 Å². The largest absolute Gasteiger partial charge is 0.450 e. The fraction of sp³-hybridized carbons (Fsp3) is 0.163. The summed E-state index contributed by atoms with van der Waals surface area (Å²) < 4.78 is 27.2. The van der Waals surface area contributed by atoms with Crippen molar-refractivity contribution in [2.45, 2.75) is 102 Å². The number of fused-ring (bicyclic) bond motifs is 4. The minimum Gasteiger partial charge on any atom is -0.450 e. The van der Waals surface area contributed by atoms with Gasteiger partial charge in [0, 0.05) is 106 Å². The van der Waals surface area contributed by atoms with Crippen molar-refractivity contribution in [3.63, 3.8) is 0 Å². The molecule has 6 aromatic heterocycles. The van der Waals surface area contributed by atoms with Crippen LogP contribution in [-0.4, -0.2) is 121 Å². The number of thioether (sulfide) groups is 5. The van der Waals surface area contributed by atoms with Crippen molar-refractivity contribution in [3.8, 4) is 37.0 Å². The quantitative estimate of drug-likeness (QED) is 0.0164. The number of nitrogens with two attached hydrogens (primary N) is 1. The molecule has 23 nitrogen and oxygen atoms in total. The van der Waals surface area contributed by atoms with Crippen LogP contribution in [0, 0.1) is 37.0 Å². The number of aliphatic imine (C=N–C) groups is 2. The van der Waals surface area contributed by atoms with Crippen LogP contribution in [0.5, 0.6) is 0 Å². The minimum atomic E-state index is -0.378. The van der Waals surface area contributed by atoms with Crippen LogP contribution in [0.25, 0.3) is 40.3 Å². The second-order valence-electron chi connectivity index (χ2n) is 27.0. The van der Waals surface area contributed by atoms with Crippen LogP contribution < -0.4 is 5.73 Å². The van der Waals surface area contributed by atoms with E-state index in [4.69, 9.17) is 52.6 Å². The Morgan fingerprint density at radius 3 is 1.22 bits per heavy atom. The zero-order chi connectivity index (χ0) is 85.0. The molecule has 0 radical (unpaired) electrons. The molecule has 5 aliphatic rings. The van der Waals surface area contributed by atoms with Crippen LogP contribution in [0.2, 0.25) is 0 Å². The van der Waals surface area contributed by atoms with Crippen LogP contribution >= 0.6 is 82.3 Å². The molecule has 610 valence electrons. The number of Topliss-reactive ketones (excluding diaryl/α,β-unsaturated/α-hetero) is 1. The van der Waals surface area contributed by atoms with Gasteiger partial charge >= 0.3 is 0 Å². The predicted octanol–water partition coefficient (Wildman–Crippen LogP) is 20.5. The molecule has 0 bridgehead atoms. The van der Waals surface area contributed by atoms with Gasteiger partial charge in [-0.3, -0.25) is 57.9 Å². The molecule has 5 aliphatic heterocycles. The Bertz CT molecular complexity index is 6320. The Morgan fingerprint density at radius 2 is 0.803 bits per heavy atom. The number of imidazole rings is 2. The summed E-state index contributed by atoms with van der Waals surface area (Å²) in [6.07, 6.45) is 26.4. The number of aryl methyl sites for hydroxylation is 2. The lowest BCUT2D eigenvalue weighted by atomic mass is 9.99. The number of carbonyl (C=O) groups excluding carboxylic acids is 9. The second kappa shape index (κ2) is 41.2. The zero-order valence-electron chi connectivity index (χ0n) is 65.0. The molecule has 2 N–H and O–H groups in total. The van der Waals surface area contributed by atoms with Gasteiger partial charge in [0.2, 0.25) is 0 Å². The number of imide groups is 3. The molecular formula is C92H72N10O13S7. The molecule has 3 fully saturated rings. The monoisotopic (exact) mass is 1750 g/mol. The summed E-state index contributed by atoms with van der Waals surface area (Å²) in [7, 11) is 0. The summed E-state index contributed by atoms with van der Waals surface area (Å²) in [5, 5.41) is 5.17. The van der Waals surface area contributed by atoms with Gasteiger partial charge in [-0.25, -0.2) is 20.0 Å². The van der Waals surface area contributed by atoms with Gasteiger partial charge in [-0.2, -0.15) is 0 Å². The number of aromatic nitrogens is 4. The molecule has 122 heavy (non-hydrogen) atoms. The number of benzene rings is 6. The Morgan fingerprint density at radius 1 is 0.426 bits per heavy atom. The van der Waals surface area contributed by atoms with Crippen molar-refractivity contribution < 1.29 is 60.8 Å². The minimum absolute atomic E-state index is 0.0332. The third kappa shape index (κ3) is 21.4. The maximum atomic E-state index is 12.9. The molecule has 0 aliphatic carbocycles. The highest BCUT2D eigenvalue weighted by atomic mass is 32.2. The molecule has 0 unspecified atom stereocenters. The number of hydrogen-bond acceptors (Lipinski definition) is 25. The van der Waals surface area contributed by atoms with Crippen LogP contribution in [0.3, 0.4) is 0 Å². The molecule has 6 aromatic carbocycles. The second-order valence-corrected chi connectivity index (χ2v) is 34.1. The van der Waals surface area contributed by atoms with Gasteiger partial charge < -0.3 is 32.5 Å². The van der Waals surface area contributed by atoms with E-state index < -0.39 is 0 Å². The lowest BCUT2D eigenvalue weighted by Crippen LogP contribution is -2.28. The van der Waals surface area contributed by atoms with Crippen molar-refractivity contribution in [2.75, 3.05) is 26.2 Å². The Hall–Kier alpha value is -12.5. The molecule has 0 atom stereocenters. The van der Waals surface area contributed by atoms with Crippen molar-refractivity contribution in [3.05, 3.63) is 266 Å². The number of terminal acetylenes is 3. The van der Waals surface area contributed by atoms with Gasteiger partial charge in [0.25, 0.3) is 33.4 Å². The summed E-state index contributed by atoms with van der Waals surface area (Å²) in [5.41, 5.74) is 15.7. The number of nitrogens with zero attached hydrogens (tertiary/aromatic N) is 9. The summed E-state index contributed by atoms with van der Waals surface area (Å²) in [5.74, 6) is 8.05. The van der Waals surface area contributed by atoms with Crippen LogP contribution in [-0.2, 0) is 40.3 Å². The number of hydrogen-bond donors (Lipinski definition) is 1. The van der Waals surface area contributed by atoms with Gasteiger partial charge in [-0.05, 0) is 204 Å². The van der Waals surface area contributed by atoms with Crippen molar-refractivity contribution in [2.24, 2.45) is 15.7 Å². The van der Waals surface area contributed by atoms with Gasteiger partial charge in [-0.15, -0.1) is 37.0 Å². The van der Waals surface area contributed by atoms with Crippen molar-refractivity contribution >= 4 is 195 Å². The average molecular weight is 1750 g/mol. The fourth-order valence-corrected chi connectivity index (χ4v) is 18.9. The van der Waals surface area contributed by atoms with Crippen molar-refractivity contribution in [1.29, 1.82) is 0 Å². The van der Waals surface area contributed by atoms with Crippen LogP contribution in [0.1, 0.15) is 110 Å². The lowest BCUT2D eigenvalue weighted by molar-refractivity contribution is -0.123. The van der Waals surface area contributed by atoms with E-state index in [1.165, 1.54) is 63.1 Å². The van der Waals surface area contributed by atoms with Crippen LogP contribution in [0.15, 0.2) is 273 Å². The van der Waals surface area contributed by atoms with E-state index in [9.17, 15) is 43.2 Å². The van der Waals surface area contributed by atoms with Gasteiger partial charge in [-0.1, -0.05) is 115 Å². The standard InChI is InChI=1S/C37H29N3O5S2.C22H20N4O3S2.C20H14N2O3S2.C13H9NO2S/c1-2-3-22-40-35(43)32(46-37(40)44)24-28-20-21-33(45-28)47-36-38-29-13-7-8-14-30(29)39(36)23-10-9-15-31(41)25-16-18-27(19-17-25)34(42)26-11-5-4-6-12-26;1-2-3-12-26-20(27)18(30-22(26)28)14-15-9-10-19(29-15)31-21-24-16-7-4-5-8-17(16)25(21)13-6-11-23;1-2-3-10-22-19(23)16(26-20(22)24)12-14-8-9-18(25-14)27-17-11-13-6-4-5-7-15(13)21-17;15-8-10-5-6-13(16-10)17-12-7-9-3-1-2-4-11(9)14-12/h1,4-8,11-14,16-21,24H,3,9-10,15,22-23H2;1,4-5,7-10,14H,3,6,11-13,23H2;1,4-9,12H,3,10-11H2;1-6,8H,7H2/b32-24-;18-14-;16-12-;. The maximum Gasteiger partial charge on any atom is 0.293 e. The number of ketones is 2. The molecule has 30 heteroatoms. The first-order valence-electron chi connectivity index (χ1n) is 38.3. The van der Waals surface area contributed by atoms with Crippen molar-refractivity contribution in [1.82, 2.24) is 33.8 Å². The SMILES string of the molecule is C#CCCN1C(=O)S/C(=C\c2ccc(SC3=Nc4ccccc4C3)o2)C1=O.C#CCCN1C(=O)S/C(=C\c2ccc(Sc3nc4ccccc4n3CCCCC(=O)c3ccc(C(=O)c4ccccc4)cc3)o2)C1=O.C#CCCN1C(=O)S/C(=C\c2ccc(Sc3nc4ccccc4n3CCCN)o2)C1=O.O=Cc1ccc(SC2=Nc3ccccc3C2)o1. The number of unbranched alkanes of at least 4 members (excludes halogenated alkanes) is 1. The molecule has 12 aromatic rings. The predicted molar refractivity (Wildman–Crippen MR) is 481 cm³/mol. The van der Waals surface area contributed by atoms with E-state index >= 15 is 0 Å². The van der Waals surface area contributed by atoms with E-state index in [-0.39, 0.29) is 69.5 Å². The third-order valence-corrected chi connectivity index (χ3v) is 25.1. The van der Waals surface area contributed by atoms with Gasteiger partial charge in [0.15, 0.2) is 54.3 Å². The lowest BCUT2D eigenvalue weighted by Gasteiger charge is -2.09. The number of rotatable bonds is 27. The number of para-hydroxylation sites is 6. The number of carbonyl (C=O) groups is 9. The molecule has 3 saturated heterocycles. The maximum absolute atomic E-state index is 12.9. The summed E-state index contributed by atoms with van der Waals surface area (Å²) in [6.45, 7) is 2.65. The van der Waals surface area contributed by atoms with E-state index in [0.29, 0.717) is 121 Å². The molecule has 17 rings (SSSR count). The smallest absolute Gasteiger partial charge is 0.293 e. The zero-order valence-corrected chi connectivity index (χ0v) is 70.7. The topological polar surface area (TPSA) is 302 Å². The molecule has 6 amide bonds. The van der Waals surface area contributed by atoms with E-state index in [2.05, 4.69) is 49.0 Å². The van der Waals surface area contributed by atoms with E-state index in [0.717, 1.165) is 131 Å². The molecular weight excluding hydrogens is 1680 g/mol. The molecule has 0 saturated carbocycles. The number of aldehydes is 1. The molecule has 11 heterocycles. The summed E-state index contributed by atoms with van der Waals surface area (Å²) in [6, 6.07) is 62.1. The van der Waals surface area contributed by atoms with Crippen LogP contribution in [0.4, 0.5) is 25.8 Å². The normalized spacial score (nSPS) is 14.9. The highest BCUT2D eigenvalue weighted by molar-refractivity contribution is 8.19. The Balaban J connectivity index is 0.000000141. The summed E-state index contributed by atoms with van der Waals surface area (Å²) in [4.78, 5) is 133. The average Bonchev–Trinajstić information content (AvgIpc) is 1.65. The molecule has 0 spiro atoms. The summed E-state index contributed by atoms with van der Waals surface area (Å²) >= 11 is 8.36. The van der Waals surface area contributed by atoms with Gasteiger partial charge in [0.1, 0.15) is 17.3 Å². The van der Waals surface area contributed by atoms with E-state index in [1.54, 1.807) is 91.0 Å². The Labute approximate surface area is 730 Å². The first-order chi connectivity index (χ1) is 59.5.